The Morgan fingerprint density at radius 2 is 2.41 bits per heavy atom. The first kappa shape index (κ1) is 11.2. The lowest BCUT2D eigenvalue weighted by atomic mass is 9.86. The van der Waals surface area contributed by atoms with Gasteiger partial charge in [0.2, 0.25) is 5.91 Å². The predicted octanol–water partition coefficient (Wildman–Crippen LogP) is 2.34. The van der Waals surface area contributed by atoms with Gasteiger partial charge in [-0.05, 0) is 37.0 Å². The van der Waals surface area contributed by atoms with Gasteiger partial charge in [-0.3, -0.25) is 4.79 Å². The third-order valence-electron chi connectivity index (χ3n) is 4.30. The van der Waals surface area contributed by atoms with Crippen LogP contribution < -0.4 is 4.80 Å². The number of fused-ring (bicyclic) bond motifs is 2. The number of carbonyl (C=O) groups excluding carboxylic acids is 1. The quantitative estimate of drug-likeness (QED) is 0.793. The molecule has 1 heterocycles. The SMILES string of the molecule is Cn1ccsc1=NC(=O)C[C@@H]1C[C@H]2CC[C@@H]1C2. The Morgan fingerprint density at radius 3 is 3.00 bits per heavy atom. The van der Waals surface area contributed by atoms with Crippen molar-refractivity contribution in [1.82, 2.24) is 4.57 Å². The van der Waals surface area contributed by atoms with Gasteiger partial charge in [0.15, 0.2) is 4.80 Å². The summed E-state index contributed by atoms with van der Waals surface area (Å²) in [5.74, 6) is 2.42. The first-order valence-corrected chi connectivity index (χ1v) is 7.28. The predicted molar refractivity (Wildman–Crippen MR) is 67.4 cm³/mol. The zero-order valence-electron chi connectivity index (χ0n) is 10.1. The molecule has 2 aliphatic carbocycles. The molecular formula is C13H18N2OS. The highest BCUT2D eigenvalue weighted by atomic mass is 32.1. The van der Waals surface area contributed by atoms with E-state index in [9.17, 15) is 4.79 Å². The second-order valence-electron chi connectivity index (χ2n) is 5.44. The summed E-state index contributed by atoms with van der Waals surface area (Å²) < 4.78 is 1.91. The lowest BCUT2D eigenvalue weighted by molar-refractivity contribution is -0.119. The average molecular weight is 250 g/mol. The van der Waals surface area contributed by atoms with Crippen molar-refractivity contribution in [2.24, 2.45) is 29.8 Å². The molecule has 1 aromatic heterocycles. The number of thiazole rings is 1. The molecule has 2 aliphatic rings. The minimum atomic E-state index is 0.0700. The van der Waals surface area contributed by atoms with E-state index in [1.807, 2.05) is 23.2 Å². The maximum absolute atomic E-state index is 11.9. The van der Waals surface area contributed by atoms with E-state index in [0.717, 1.165) is 16.6 Å². The lowest BCUT2D eigenvalue weighted by Crippen LogP contribution is -2.17. The van der Waals surface area contributed by atoms with Gasteiger partial charge in [-0.25, -0.2) is 0 Å². The fraction of sp³-hybridized carbons (Fsp3) is 0.692. The molecule has 0 unspecified atom stereocenters. The van der Waals surface area contributed by atoms with Gasteiger partial charge in [0.05, 0.1) is 0 Å². The molecule has 2 saturated carbocycles. The molecule has 3 atom stereocenters. The summed E-state index contributed by atoms with van der Waals surface area (Å²) in [5.41, 5.74) is 0. The minimum absolute atomic E-state index is 0.0700. The normalized spacial score (nSPS) is 32.3. The number of rotatable bonds is 2. The van der Waals surface area contributed by atoms with Gasteiger partial charge >= 0.3 is 0 Å². The Bertz CT molecular complexity index is 488. The van der Waals surface area contributed by atoms with Gasteiger partial charge in [0.1, 0.15) is 0 Å². The van der Waals surface area contributed by atoms with E-state index in [0.29, 0.717) is 12.3 Å². The smallest absolute Gasteiger partial charge is 0.248 e. The number of aromatic nitrogens is 1. The van der Waals surface area contributed by atoms with Gasteiger partial charge in [0, 0.05) is 25.0 Å². The van der Waals surface area contributed by atoms with Gasteiger partial charge in [-0.1, -0.05) is 6.42 Å². The van der Waals surface area contributed by atoms with Crippen molar-refractivity contribution in [1.29, 1.82) is 0 Å². The molecule has 0 aromatic carbocycles. The van der Waals surface area contributed by atoms with Crippen molar-refractivity contribution >= 4 is 17.2 Å². The van der Waals surface area contributed by atoms with E-state index < -0.39 is 0 Å². The molecule has 0 saturated heterocycles. The van der Waals surface area contributed by atoms with Crippen molar-refractivity contribution in [2.75, 3.05) is 0 Å². The van der Waals surface area contributed by atoms with Gasteiger partial charge in [-0.15, -0.1) is 11.3 Å². The van der Waals surface area contributed by atoms with E-state index in [4.69, 9.17) is 0 Å². The van der Waals surface area contributed by atoms with Crippen molar-refractivity contribution in [3.8, 4) is 0 Å². The first-order chi connectivity index (χ1) is 8.22. The third-order valence-corrected chi connectivity index (χ3v) is 5.15. The maximum Gasteiger partial charge on any atom is 0.248 e. The average Bonchev–Trinajstić information content (AvgIpc) is 2.96. The molecule has 1 aromatic rings. The van der Waals surface area contributed by atoms with Gasteiger partial charge < -0.3 is 4.57 Å². The van der Waals surface area contributed by atoms with Crippen molar-refractivity contribution in [3.05, 3.63) is 16.4 Å². The second kappa shape index (κ2) is 4.41. The van der Waals surface area contributed by atoms with Crippen LogP contribution in [0.5, 0.6) is 0 Å². The van der Waals surface area contributed by atoms with E-state index >= 15 is 0 Å². The summed E-state index contributed by atoms with van der Waals surface area (Å²) >= 11 is 1.53. The summed E-state index contributed by atoms with van der Waals surface area (Å²) in [7, 11) is 1.93. The van der Waals surface area contributed by atoms with Crippen LogP contribution in [0.2, 0.25) is 0 Å². The highest BCUT2D eigenvalue weighted by molar-refractivity contribution is 7.07. The van der Waals surface area contributed by atoms with Crippen LogP contribution >= 0.6 is 11.3 Å². The molecule has 4 heteroatoms. The summed E-state index contributed by atoms with van der Waals surface area (Å²) in [6.45, 7) is 0. The van der Waals surface area contributed by atoms with Crippen molar-refractivity contribution in [2.45, 2.75) is 32.1 Å². The number of amides is 1. The molecule has 0 spiro atoms. The zero-order chi connectivity index (χ0) is 11.8. The van der Waals surface area contributed by atoms with Crippen LogP contribution in [0.25, 0.3) is 0 Å². The Morgan fingerprint density at radius 1 is 1.53 bits per heavy atom. The largest absolute Gasteiger partial charge is 0.327 e. The lowest BCUT2D eigenvalue weighted by Gasteiger charge is -2.19. The number of nitrogens with zero attached hydrogens (tertiary/aromatic N) is 2. The summed E-state index contributed by atoms with van der Waals surface area (Å²) in [6.07, 6.45) is 7.97. The number of carbonyl (C=O) groups is 1. The van der Waals surface area contributed by atoms with Crippen LogP contribution in [0.15, 0.2) is 16.6 Å². The molecule has 0 aliphatic heterocycles. The molecular weight excluding hydrogens is 232 g/mol. The Kier molecular flexibility index (Phi) is 2.90. The number of hydrogen-bond donors (Lipinski definition) is 0. The molecule has 3 nitrogen and oxygen atoms in total. The van der Waals surface area contributed by atoms with E-state index in [2.05, 4.69) is 4.99 Å². The van der Waals surface area contributed by atoms with Crippen LogP contribution in [0, 0.1) is 17.8 Å². The number of hydrogen-bond acceptors (Lipinski definition) is 2. The highest BCUT2D eigenvalue weighted by Gasteiger charge is 2.39. The Hall–Kier alpha value is -0.900. The Labute approximate surface area is 105 Å². The maximum atomic E-state index is 11.9. The molecule has 0 N–H and O–H groups in total. The van der Waals surface area contributed by atoms with Crippen molar-refractivity contribution < 1.29 is 4.79 Å². The molecule has 2 bridgehead atoms. The number of aryl methyl sites for hydroxylation is 1. The monoisotopic (exact) mass is 250 g/mol. The van der Waals surface area contributed by atoms with Gasteiger partial charge in [-0.2, -0.15) is 4.99 Å². The van der Waals surface area contributed by atoms with E-state index in [1.165, 1.54) is 37.0 Å². The third kappa shape index (κ3) is 2.23. The fourth-order valence-corrected chi connectivity index (χ4v) is 4.18. The van der Waals surface area contributed by atoms with Crippen molar-refractivity contribution in [3.63, 3.8) is 0 Å². The van der Waals surface area contributed by atoms with Crippen LogP contribution in [0.1, 0.15) is 32.1 Å². The molecule has 17 heavy (non-hydrogen) atoms. The van der Waals surface area contributed by atoms with Crippen LogP contribution in [-0.4, -0.2) is 10.5 Å². The summed E-state index contributed by atoms with van der Waals surface area (Å²) in [5, 5.41) is 1.96. The van der Waals surface area contributed by atoms with Crippen LogP contribution in [0.3, 0.4) is 0 Å². The molecule has 0 radical (unpaired) electrons. The van der Waals surface area contributed by atoms with E-state index in [1.54, 1.807) is 0 Å². The zero-order valence-corrected chi connectivity index (χ0v) is 10.9. The first-order valence-electron chi connectivity index (χ1n) is 6.40. The second-order valence-corrected chi connectivity index (χ2v) is 6.31. The van der Waals surface area contributed by atoms with Crippen LogP contribution in [-0.2, 0) is 11.8 Å². The molecule has 92 valence electrons. The fourth-order valence-electron chi connectivity index (χ4n) is 3.44. The minimum Gasteiger partial charge on any atom is -0.327 e. The summed E-state index contributed by atoms with van der Waals surface area (Å²) in [6, 6.07) is 0. The van der Waals surface area contributed by atoms with Gasteiger partial charge in [0.25, 0.3) is 0 Å². The summed E-state index contributed by atoms with van der Waals surface area (Å²) in [4.78, 5) is 16.9. The Balaban J connectivity index is 1.67. The highest BCUT2D eigenvalue weighted by Crippen LogP contribution is 2.49. The standard InChI is InChI=1S/C13H18N2OS/c1-15-4-5-17-13(15)14-12(16)8-11-7-9-2-3-10(11)6-9/h4-5,9-11H,2-3,6-8H2,1H3/t9-,10+,11-/m0/s1. The molecule has 3 rings (SSSR count). The topological polar surface area (TPSA) is 34.4 Å². The van der Waals surface area contributed by atoms with E-state index in [-0.39, 0.29) is 5.91 Å². The molecule has 2 fully saturated rings. The molecule has 1 amide bonds. The van der Waals surface area contributed by atoms with Crippen LogP contribution in [0.4, 0.5) is 0 Å².